The molecule has 0 saturated heterocycles. The molecule has 1 unspecified atom stereocenters. The highest BCUT2D eigenvalue weighted by atomic mass is 19.1. The van der Waals surface area contributed by atoms with Crippen LogP contribution in [0.15, 0.2) is 12.1 Å². The van der Waals surface area contributed by atoms with Crippen molar-refractivity contribution in [2.45, 2.75) is 19.6 Å². The zero-order valence-corrected chi connectivity index (χ0v) is 11.3. The second-order valence-corrected chi connectivity index (χ2v) is 4.10. The average molecular weight is 282 g/mol. The molecule has 0 aliphatic heterocycles. The fourth-order valence-electron chi connectivity index (χ4n) is 1.54. The van der Waals surface area contributed by atoms with Gasteiger partial charge < -0.3 is 15.4 Å². The molecule has 1 aromatic rings. The van der Waals surface area contributed by atoms with E-state index in [0.717, 1.165) is 12.1 Å². The van der Waals surface area contributed by atoms with Crippen molar-refractivity contribution in [2.75, 3.05) is 13.6 Å². The van der Waals surface area contributed by atoms with Crippen molar-refractivity contribution in [1.82, 2.24) is 10.6 Å². The van der Waals surface area contributed by atoms with E-state index < -0.39 is 29.4 Å². The third kappa shape index (κ3) is 4.21. The zero-order valence-electron chi connectivity index (χ0n) is 11.3. The van der Waals surface area contributed by atoms with E-state index in [4.69, 9.17) is 11.2 Å². The minimum absolute atomic E-state index is 0.0264. The Bertz CT molecular complexity index is 503. The van der Waals surface area contributed by atoms with E-state index in [2.05, 4.69) is 16.6 Å². The lowest BCUT2D eigenvalue weighted by atomic mass is 10.2. The van der Waals surface area contributed by atoms with Gasteiger partial charge in [-0.1, -0.05) is 5.92 Å². The first-order valence-electron chi connectivity index (χ1n) is 6.00. The van der Waals surface area contributed by atoms with Crippen molar-refractivity contribution in [2.24, 2.45) is 0 Å². The maximum Gasteiger partial charge on any atom is 0.261 e. The van der Waals surface area contributed by atoms with Crippen molar-refractivity contribution in [3.8, 4) is 18.1 Å². The fraction of sp³-hybridized carbons (Fsp3) is 0.357. The summed E-state index contributed by atoms with van der Waals surface area (Å²) >= 11 is 0. The number of carbonyl (C=O) groups is 1. The van der Waals surface area contributed by atoms with Crippen LogP contribution in [0.1, 0.15) is 12.5 Å². The SMILES string of the molecule is C#CCNC(=O)C(C)Oc1c(F)cc(CNC)cc1F. The van der Waals surface area contributed by atoms with Gasteiger partial charge in [0.25, 0.3) is 5.91 Å². The van der Waals surface area contributed by atoms with E-state index in [1.165, 1.54) is 6.92 Å². The van der Waals surface area contributed by atoms with Gasteiger partial charge in [-0.25, -0.2) is 8.78 Å². The van der Waals surface area contributed by atoms with E-state index in [1.807, 2.05) is 0 Å². The molecule has 0 bridgehead atoms. The molecule has 108 valence electrons. The maximum atomic E-state index is 13.8. The molecular formula is C14H16F2N2O2. The normalized spacial score (nSPS) is 11.6. The summed E-state index contributed by atoms with van der Waals surface area (Å²) in [5.74, 6) is -0.607. The number of benzene rings is 1. The number of hydrogen-bond donors (Lipinski definition) is 2. The second-order valence-electron chi connectivity index (χ2n) is 4.10. The Labute approximate surface area is 116 Å². The Morgan fingerprint density at radius 3 is 2.55 bits per heavy atom. The van der Waals surface area contributed by atoms with Gasteiger partial charge in [-0.15, -0.1) is 6.42 Å². The molecule has 2 N–H and O–H groups in total. The summed E-state index contributed by atoms with van der Waals surface area (Å²) in [6.45, 7) is 1.73. The summed E-state index contributed by atoms with van der Waals surface area (Å²) in [5, 5.41) is 5.15. The van der Waals surface area contributed by atoms with Gasteiger partial charge in [-0.05, 0) is 31.7 Å². The number of halogens is 2. The first-order chi connectivity index (χ1) is 9.49. The first kappa shape index (κ1) is 15.9. The number of rotatable bonds is 6. The summed E-state index contributed by atoms with van der Waals surface area (Å²) < 4.78 is 32.5. The highest BCUT2D eigenvalue weighted by molar-refractivity contribution is 5.80. The standard InChI is InChI=1S/C14H16F2N2O2/c1-4-5-18-14(19)9(2)20-13-11(15)6-10(8-17-3)7-12(13)16/h1,6-7,9,17H,5,8H2,2-3H3,(H,18,19). The molecule has 0 aromatic heterocycles. The highest BCUT2D eigenvalue weighted by Gasteiger charge is 2.19. The molecular weight excluding hydrogens is 266 g/mol. The van der Waals surface area contributed by atoms with Gasteiger partial charge in [0.1, 0.15) is 0 Å². The van der Waals surface area contributed by atoms with E-state index in [9.17, 15) is 13.6 Å². The quantitative estimate of drug-likeness (QED) is 0.771. The van der Waals surface area contributed by atoms with Crippen molar-refractivity contribution < 1.29 is 18.3 Å². The lowest BCUT2D eigenvalue weighted by Crippen LogP contribution is -2.36. The molecule has 1 amide bonds. The molecule has 1 aromatic carbocycles. The lowest BCUT2D eigenvalue weighted by molar-refractivity contribution is -0.127. The van der Waals surface area contributed by atoms with Gasteiger partial charge in [0.2, 0.25) is 0 Å². The second kappa shape index (κ2) is 7.46. The molecule has 6 heteroatoms. The molecule has 4 nitrogen and oxygen atoms in total. The van der Waals surface area contributed by atoms with Crippen LogP contribution in [0.4, 0.5) is 8.78 Å². The molecule has 1 atom stereocenters. The number of ether oxygens (including phenoxy) is 1. The summed E-state index contributed by atoms with van der Waals surface area (Å²) in [5.41, 5.74) is 0.444. The molecule has 0 aliphatic carbocycles. The van der Waals surface area contributed by atoms with Gasteiger partial charge in [-0.2, -0.15) is 0 Å². The minimum atomic E-state index is -1.05. The minimum Gasteiger partial charge on any atom is -0.475 e. The zero-order chi connectivity index (χ0) is 15.1. The Morgan fingerprint density at radius 2 is 2.05 bits per heavy atom. The van der Waals surface area contributed by atoms with Crippen LogP contribution >= 0.6 is 0 Å². The van der Waals surface area contributed by atoms with Crippen molar-refractivity contribution in [3.05, 3.63) is 29.3 Å². The molecule has 0 heterocycles. The summed E-state index contributed by atoms with van der Waals surface area (Å²) in [6.07, 6.45) is 3.94. The van der Waals surface area contributed by atoms with Gasteiger partial charge >= 0.3 is 0 Å². The smallest absolute Gasteiger partial charge is 0.261 e. The molecule has 0 radical (unpaired) electrons. The maximum absolute atomic E-state index is 13.8. The van der Waals surface area contributed by atoms with E-state index in [1.54, 1.807) is 7.05 Å². The molecule has 1 rings (SSSR count). The largest absolute Gasteiger partial charge is 0.475 e. The van der Waals surface area contributed by atoms with Crippen LogP contribution in [0.25, 0.3) is 0 Å². The fourth-order valence-corrected chi connectivity index (χ4v) is 1.54. The molecule has 0 fully saturated rings. The van der Waals surface area contributed by atoms with Crippen LogP contribution in [0.5, 0.6) is 5.75 Å². The summed E-state index contributed by atoms with van der Waals surface area (Å²) in [7, 11) is 1.66. The molecule has 0 saturated carbocycles. The summed E-state index contributed by atoms with van der Waals surface area (Å²) in [6, 6.07) is 2.31. The highest BCUT2D eigenvalue weighted by Crippen LogP contribution is 2.24. The number of hydrogen-bond acceptors (Lipinski definition) is 3. The predicted molar refractivity (Wildman–Crippen MR) is 71.1 cm³/mol. The number of nitrogens with one attached hydrogen (secondary N) is 2. The van der Waals surface area contributed by atoms with Crippen LogP contribution in [0.2, 0.25) is 0 Å². The summed E-state index contributed by atoms with van der Waals surface area (Å²) in [4.78, 5) is 11.5. The number of carbonyl (C=O) groups excluding carboxylic acids is 1. The van der Waals surface area contributed by atoms with Gasteiger partial charge in [0, 0.05) is 6.54 Å². The van der Waals surface area contributed by atoms with Crippen molar-refractivity contribution >= 4 is 5.91 Å². The average Bonchev–Trinajstić information content (AvgIpc) is 2.40. The number of amides is 1. The Kier molecular flexibility index (Phi) is 5.94. The third-order valence-corrected chi connectivity index (χ3v) is 2.47. The Morgan fingerprint density at radius 1 is 1.45 bits per heavy atom. The Balaban J connectivity index is 2.82. The number of terminal acetylenes is 1. The topological polar surface area (TPSA) is 50.4 Å². The predicted octanol–water partition coefficient (Wildman–Crippen LogP) is 1.20. The van der Waals surface area contributed by atoms with Crippen LogP contribution in [-0.4, -0.2) is 25.6 Å². The van der Waals surface area contributed by atoms with Crippen LogP contribution < -0.4 is 15.4 Å². The first-order valence-corrected chi connectivity index (χ1v) is 6.00. The van der Waals surface area contributed by atoms with Crippen molar-refractivity contribution in [3.63, 3.8) is 0 Å². The third-order valence-electron chi connectivity index (χ3n) is 2.47. The van der Waals surface area contributed by atoms with E-state index in [-0.39, 0.29) is 6.54 Å². The monoisotopic (exact) mass is 282 g/mol. The van der Waals surface area contributed by atoms with Crippen LogP contribution in [0.3, 0.4) is 0 Å². The van der Waals surface area contributed by atoms with Crippen molar-refractivity contribution in [1.29, 1.82) is 0 Å². The molecule has 20 heavy (non-hydrogen) atoms. The molecule has 0 spiro atoms. The van der Waals surface area contributed by atoms with Gasteiger partial charge in [-0.3, -0.25) is 4.79 Å². The van der Waals surface area contributed by atoms with E-state index in [0.29, 0.717) is 12.1 Å². The Hall–Kier alpha value is -2.13. The van der Waals surface area contributed by atoms with Crippen LogP contribution in [-0.2, 0) is 11.3 Å². The van der Waals surface area contributed by atoms with Gasteiger partial charge in [0.05, 0.1) is 6.54 Å². The molecule has 0 aliphatic rings. The lowest BCUT2D eigenvalue weighted by Gasteiger charge is -2.15. The van der Waals surface area contributed by atoms with E-state index >= 15 is 0 Å². The van der Waals surface area contributed by atoms with Gasteiger partial charge in [0.15, 0.2) is 23.5 Å². The van der Waals surface area contributed by atoms with Crippen LogP contribution in [0, 0.1) is 24.0 Å².